The number of anilines is 1. The lowest BCUT2D eigenvalue weighted by Crippen LogP contribution is -2.33. The molecular formula is C12H18N2O5. The molecule has 0 unspecified atom stereocenters. The Labute approximate surface area is 111 Å². The van der Waals surface area contributed by atoms with Crippen LogP contribution in [-0.2, 0) is 9.53 Å². The van der Waals surface area contributed by atoms with Crippen LogP contribution in [0.5, 0.6) is 0 Å². The third-order valence-electron chi connectivity index (χ3n) is 2.41. The number of carbonyl (C=O) groups is 2. The molecule has 1 N–H and O–H groups in total. The largest absolute Gasteiger partial charge is 0.481 e. The molecule has 0 aromatic carbocycles. The van der Waals surface area contributed by atoms with Crippen LogP contribution in [0, 0.1) is 0 Å². The number of oxazole rings is 1. The first kappa shape index (κ1) is 15.0. The van der Waals surface area contributed by atoms with Gasteiger partial charge in [0.15, 0.2) is 5.69 Å². The first-order chi connectivity index (χ1) is 8.95. The zero-order chi connectivity index (χ0) is 14.4. The van der Waals surface area contributed by atoms with E-state index in [1.54, 1.807) is 11.8 Å². The van der Waals surface area contributed by atoms with E-state index >= 15 is 0 Å². The number of aliphatic carboxylic acids is 1. The SMILES string of the molecule is CCOC(=O)c1coc(N(CCC(=O)O)C(C)C)n1. The summed E-state index contributed by atoms with van der Waals surface area (Å²) < 4.78 is 10.0. The van der Waals surface area contributed by atoms with E-state index in [9.17, 15) is 9.59 Å². The Hall–Kier alpha value is -2.05. The molecule has 106 valence electrons. The summed E-state index contributed by atoms with van der Waals surface area (Å²) in [6.07, 6.45) is 1.18. The van der Waals surface area contributed by atoms with Crippen LogP contribution in [0.3, 0.4) is 0 Å². The van der Waals surface area contributed by atoms with E-state index in [-0.39, 0.29) is 37.3 Å². The summed E-state index contributed by atoms with van der Waals surface area (Å²) in [6, 6.07) is 0.229. The molecule has 1 heterocycles. The highest BCUT2D eigenvalue weighted by Gasteiger charge is 2.20. The van der Waals surface area contributed by atoms with Gasteiger partial charge >= 0.3 is 11.9 Å². The monoisotopic (exact) mass is 270 g/mol. The lowest BCUT2D eigenvalue weighted by Gasteiger charge is -2.23. The number of carbonyl (C=O) groups excluding carboxylic acids is 1. The summed E-state index contributed by atoms with van der Waals surface area (Å²) in [4.78, 5) is 27.8. The predicted octanol–water partition coefficient (Wildman–Crippen LogP) is 1.54. The molecule has 0 bridgehead atoms. The van der Waals surface area contributed by atoms with Crippen molar-refractivity contribution in [1.82, 2.24) is 4.98 Å². The van der Waals surface area contributed by atoms with Crippen molar-refractivity contribution in [2.45, 2.75) is 33.2 Å². The lowest BCUT2D eigenvalue weighted by molar-refractivity contribution is -0.136. The van der Waals surface area contributed by atoms with Crippen molar-refractivity contribution in [3.8, 4) is 0 Å². The van der Waals surface area contributed by atoms with Gasteiger partial charge in [0.1, 0.15) is 6.26 Å². The van der Waals surface area contributed by atoms with Gasteiger partial charge in [-0.05, 0) is 20.8 Å². The minimum Gasteiger partial charge on any atom is -0.481 e. The Bertz CT molecular complexity index is 441. The van der Waals surface area contributed by atoms with Gasteiger partial charge in [-0.2, -0.15) is 4.98 Å². The minimum absolute atomic E-state index is 0.00745. The summed E-state index contributed by atoms with van der Waals surface area (Å²) in [5.41, 5.74) is 0.0813. The number of carboxylic acid groups (broad SMARTS) is 1. The molecule has 0 radical (unpaired) electrons. The first-order valence-corrected chi connectivity index (χ1v) is 6.06. The summed E-state index contributed by atoms with van der Waals surface area (Å²) in [6.45, 7) is 5.99. The molecule has 0 saturated heterocycles. The van der Waals surface area contributed by atoms with Crippen LogP contribution >= 0.6 is 0 Å². The molecule has 7 heteroatoms. The zero-order valence-electron chi connectivity index (χ0n) is 11.3. The van der Waals surface area contributed by atoms with E-state index in [1.807, 2.05) is 13.8 Å². The van der Waals surface area contributed by atoms with Gasteiger partial charge in [0.25, 0.3) is 6.01 Å². The molecule has 19 heavy (non-hydrogen) atoms. The molecule has 0 spiro atoms. The van der Waals surface area contributed by atoms with Gasteiger partial charge in [-0.15, -0.1) is 0 Å². The topological polar surface area (TPSA) is 92.9 Å². The van der Waals surface area contributed by atoms with Crippen molar-refractivity contribution in [2.24, 2.45) is 0 Å². The normalized spacial score (nSPS) is 10.5. The molecule has 0 aliphatic rings. The van der Waals surface area contributed by atoms with Gasteiger partial charge in [-0.1, -0.05) is 0 Å². The third kappa shape index (κ3) is 4.27. The minimum atomic E-state index is -0.900. The number of carboxylic acids is 1. The van der Waals surface area contributed by atoms with E-state index in [2.05, 4.69) is 4.98 Å². The number of esters is 1. The fourth-order valence-electron chi connectivity index (χ4n) is 1.49. The van der Waals surface area contributed by atoms with Gasteiger partial charge in [0.05, 0.1) is 13.0 Å². The maximum atomic E-state index is 11.5. The van der Waals surface area contributed by atoms with Crippen LogP contribution in [0.2, 0.25) is 0 Å². The number of ether oxygens (including phenoxy) is 1. The molecule has 0 saturated carbocycles. The smallest absolute Gasteiger partial charge is 0.360 e. The second-order valence-corrected chi connectivity index (χ2v) is 4.17. The van der Waals surface area contributed by atoms with Gasteiger partial charge in [-0.25, -0.2) is 4.79 Å². The van der Waals surface area contributed by atoms with Crippen molar-refractivity contribution in [2.75, 3.05) is 18.1 Å². The number of nitrogens with zero attached hydrogens (tertiary/aromatic N) is 2. The van der Waals surface area contributed by atoms with Gasteiger partial charge in [-0.3, -0.25) is 4.79 Å². The van der Waals surface area contributed by atoms with Crippen LogP contribution in [0.4, 0.5) is 6.01 Å². The zero-order valence-corrected chi connectivity index (χ0v) is 11.3. The van der Waals surface area contributed by atoms with Crippen molar-refractivity contribution in [1.29, 1.82) is 0 Å². The Kier molecular flexibility index (Phi) is 5.35. The highest BCUT2D eigenvalue weighted by Crippen LogP contribution is 2.17. The average molecular weight is 270 g/mol. The Balaban J connectivity index is 2.80. The summed E-state index contributed by atoms with van der Waals surface area (Å²) >= 11 is 0. The maximum absolute atomic E-state index is 11.5. The molecule has 0 aliphatic carbocycles. The second-order valence-electron chi connectivity index (χ2n) is 4.17. The van der Waals surface area contributed by atoms with Gasteiger partial charge in [0.2, 0.25) is 0 Å². The van der Waals surface area contributed by atoms with Crippen molar-refractivity contribution in [3.63, 3.8) is 0 Å². The fraction of sp³-hybridized carbons (Fsp3) is 0.583. The van der Waals surface area contributed by atoms with E-state index in [4.69, 9.17) is 14.3 Å². The van der Waals surface area contributed by atoms with E-state index in [1.165, 1.54) is 6.26 Å². The molecule has 0 atom stereocenters. The Morgan fingerprint density at radius 3 is 2.74 bits per heavy atom. The molecule has 0 aliphatic heterocycles. The van der Waals surface area contributed by atoms with Crippen molar-refractivity contribution >= 4 is 18.0 Å². The van der Waals surface area contributed by atoms with Crippen LogP contribution in [0.25, 0.3) is 0 Å². The number of aromatic nitrogens is 1. The molecule has 1 aromatic rings. The fourth-order valence-corrected chi connectivity index (χ4v) is 1.49. The molecule has 0 amide bonds. The van der Waals surface area contributed by atoms with Crippen molar-refractivity contribution < 1.29 is 23.8 Å². The van der Waals surface area contributed by atoms with Crippen LogP contribution < -0.4 is 4.90 Å². The van der Waals surface area contributed by atoms with Gasteiger partial charge < -0.3 is 19.2 Å². The molecule has 7 nitrogen and oxygen atoms in total. The number of rotatable bonds is 7. The predicted molar refractivity (Wildman–Crippen MR) is 67.2 cm³/mol. The van der Waals surface area contributed by atoms with Crippen LogP contribution in [0.1, 0.15) is 37.7 Å². The van der Waals surface area contributed by atoms with E-state index in [0.29, 0.717) is 0 Å². The Morgan fingerprint density at radius 2 is 2.21 bits per heavy atom. The molecule has 1 aromatic heterocycles. The quantitative estimate of drug-likeness (QED) is 0.751. The van der Waals surface area contributed by atoms with Crippen molar-refractivity contribution in [3.05, 3.63) is 12.0 Å². The molecular weight excluding hydrogens is 252 g/mol. The second kappa shape index (κ2) is 6.77. The third-order valence-corrected chi connectivity index (χ3v) is 2.41. The number of hydrogen-bond donors (Lipinski definition) is 1. The number of hydrogen-bond acceptors (Lipinski definition) is 6. The van der Waals surface area contributed by atoms with E-state index in [0.717, 1.165) is 0 Å². The highest BCUT2D eigenvalue weighted by atomic mass is 16.5. The molecule has 1 rings (SSSR count). The average Bonchev–Trinajstić information content (AvgIpc) is 2.78. The van der Waals surface area contributed by atoms with E-state index < -0.39 is 11.9 Å². The maximum Gasteiger partial charge on any atom is 0.360 e. The highest BCUT2D eigenvalue weighted by molar-refractivity contribution is 5.87. The molecule has 0 fully saturated rings. The lowest BCUT2D eigenvalue weighted by atomic mass is 10.3. The van der Waals surface area contributed by atoms with Crippen LogP contribution in [0.15, 0.2) is 10.7 Å². The summed E-state index contributed by atoms with van der Waals surface area (Å²) in [7, 11) is 0. The summed E-state index contributed by atoms with van der Waals surface area (Å²) in [5.74, 6) is -1.46. The Morgan fingerprint density at radius 1 is 1.53 bits per heavy atom. The van der Waals surface area contributed by atoms with Crippen LogP contribution in [-0.4, -0.2) is 41.2 Å². The standard InChI is InChI=1S/C12H18N2O5/c1-4-18-11(17)9-7-19-12(13-9)14(8(2)3)6-5-10(15)16/h7-8H,4-6H2,1-3H3,(H,15,16). The van der Waals surface area contributed by atoms with Gasteiger partial charge in [0, 0.05) is 12.6 Å². The summed E-state index contributed by atoms with van der Waals surface area (Å²) in [5, 5.41) is 8.70. The first-order valence-electron chi connectivity index (χ1n) is 6.06.